The summed E-state index contributed by atoms with van der Waals surface area (Å²) in [5.41, 5.74) is 5.61. The van der Waals surface area contributed by atoms with Crippen molar-refractivity contribution in [3.63, 3.8) is 0 Å². The molecule has 5 N–H and O–H groups in total. The maximum absolute atomic E-state index is 11.2. The van der Waals surface area contributed by atoms with Crippen molar-refractivity contribution in [1.29, 1.82) is 0 Å². The molecular weight excluding hydrogens is 254 g/mol. The Morgan fingerprint density at radius 3 is 2.58 bits per heavy atom. The smallest absolute Gasteiger partial charge is 0.330 e. The number of carbonyl (C=O) groups excluding carboxylic acids is 1. The SMILES string of the molecule is N[C@@H](COC(=O)C=Cc1ccc(O)c(O)c1)C(=O)O. The monoisotopic (exact) mass is 267 g/mol. The van der Waals surface area contributed by atoms with Crippen LogP contribution < -0.4 is 5.73 Å². The molecule has 1 aromatic carbocycles. The molecule has 19 heavy (non-hydrogen) atoms. The molecule has 0 saturated heterocycles. The molecule has 0 aliphatic carbocycles. The summed E-state index contributed by atoms with van der Waals surface area (Å²) in [6, 6.07) is 2.72. The number of aromatic hydroxyl groups is 2. The zero-order valence-electron chi connectivity index (χ0n) is 9.81. The van der Waals surface area contributed by atoms with Crippen molar-refractivity contribution in [3.8, 4) is 11.5 Å². The number of carboxylic acids is 1. The number of esters is 1. The van der Waals surface area contributed by atoms with Gasteiger partial charge in [0.05, 0.1) is 0 Å². The number of rotatable bonds is 5. The molecule has 0 radical (unpaired) electrons. The van der Waals surface area contributed by atoms with E-state index in [1.807, 2.05) is 0 Å². The molecule has 7 nitrogen and oxygen atoms in total. The lowest BCUT2D eigenvalue weighted by atomic mass is 10.2. The molecule has 7 heteroatoms. The molecule has 0 bridgehead atoms. The number of hydrogen-bond donors (Lipinski definition) is 4. The van der Waals surface area contributed by atoms with E-state index in [0.29, 0.717) is 5.56 Å². The second-order valence-corrected chi connectivity index (χ2v) is 3.66. The second-order valence-electron chi connectivity index (χ2n) is 3.66. The average Bonchev–Trinajstić information content (AvgIpc) is 2.37. The van der Waals surface area contributed by atoms with Crippen molar-refractivity contribution in [2.24, 2.45) is 5.73 Å². The number of carboxylic acid groups (broad SMARTS) is 1. The number of aliphatic carboxylic acids is 1. The summed E-state index contributed by atoms with van der Waals surface area (Å²) in [4.78, 5) is 21.6. The van der Waals surface area contributed by atoms with Gasteiger partial charge in [-0.15, -0.1) is 0 Å². The van der Waals surface area contributed by atoms with E-state index < -0.39 is 24.6 Å². The molecule has 0 amide bonds. The predicted molar refractivity (Wildman–Crippen MR) is 65.4 cm³/mol. The second kappa shape index (κ2) is 6.41. The third-order valence-electron chi connectivity index (χ3n) is 2.13. The Morgan fingerprint density at radius 1 is 1.32 bits per heavy atom. The fourth-order valence-electron chi connectivity index (χ4n) is 1.10. The number of nitrogens with two attached hydrogens (primary N) is 1. The zero-order valence-corrected chi connectivity index (χ0v) is 9.81. The van der Waals surface area contributed by atoms with Gasteiger partial charge in [0.25, 0.3) is 0 Å². The van der Waals surface area contributed by atoms with Gasteiger partial charge in [-0.3, -0.25) is 4.79 Å². The molecule has 0 unspecified atom stereocenters. The fourth-order valence-corrected chi connectivity index (χ4v) is 1.10. The van der Waals surface area contributed by atoms with Crippen LogP contribution in [0.1, 0.15) is 5.56 Å². The highest BCUT2D eigenvalue weighted by molar-refractivity contribution is 5.87. The normalized spacial score (nSPS) is 12.3. The van der Waals surface area contributed by atoms with Gasteiger partial charge in [-0.05, 0) is 23.8 Å². The summed E-state index contributed by atoms with van der Waals surface area (Å²) in [6.07, 6.45) is 2.40. The lowest BCUT2D eigenvalue weighted by Crippen LogP contribution is -2.35. The molecule has 0 aliphatic rings. The first-order valence-electron chi connectivity index (χ1n) is 5.25. The van der Waals surface area contributed by atoms with Crippen LogP contribution in [-0.2, 0) is 14.3 Å². The molecule has 0 saturated carbocycles. The molecule has 0 fully saturated rings. The number of ether oxygens (including phenoxy) is 1. The van der Waals surface area contributed by atoms with Crippen LogP contribution in [0.3, 0.4) is 0 Å². The van der Waals surface area contributed by atoms with Crippen molar-refractivity contribution >= 4 is 18.0 Å². The maximum atomic E-state index is 11.2. The van der Waals surface area contributed by atoms with E-state index in [1.54, 1.807) is 0 Å². The van der Waals surface area contributed by atoms with E-state index >= 15 is 0 Å². The van der Waals surface area contributed by atoms with E-state index in [2.05, 4.69) is 4.74 Å². The molecule has 102 valence electrons. The third-order valence-corrected chi connectivity index (χ3v) is 2.13. The van der Waals surface area contributed by atoms with Gasteiger partial charge in [0, 0.05) is 6.08 Å². The van der Waals surface area contributed by atoms with Crippen molar-refractivity contribution in [2.45, 2.75) is 6.04 Å². The topological polar surface area (TPSA) is 130 Å². The summed E-state index contributed by atoms with van der Waals surface area (Å²) in [5.74, 6) is -2.61. The molecular formula is C12H13NO6. The minimum absolute atomic E-state index is 0.271. The van der Waals surface area contributed by atoms with Crippen LogP contribution in [0.25, 0.3) is 6.08 Å². The standard InChI is InChI=1S/C12H13NO6/c13-8(12(17)18)6-19-11(16)4-2-7-1-3-9(14)10(15)5-7/h1-5,8,14-15H,6,13H2,(H,17,18)/t8-/m0/s1. The lowest BCUT2D eigenvalue weighted by molar-refractivity contribution is -0.144. The quantitative estimate of drug-likeness (QED) is 0.337. The summed E-state index contributed by atoms with van der Waals surface area (Å²) in [7, 11) is 0. The van der Waals surface area contributed by atoms with Crippen molar-refractivity contribution in [3.05, 3.63) is 29.8 Å². The molecule has 0 aliphatic heterocycles. The van der Waals surface area contributed by atoms with Crippen LogP contribution in [0.4, 0.5) is 0 Å². The van der Waals surface area contributed by atoms with Gasteiger partial charge in [0.2, 0.25) is 0 Å². The van der Waals surface area contributed by atoms with E-state index in [1.165, 1.54) is 24.3 Å². The van der Waals surface area contributed by atoms with Crippen LogP contribution in [0, 0.1) is 0 Å². The average molecular weight is 267 g/mol. The largest absolute Gasteiger partial charge is 0.504 e. The summed E-state index contributed by atoms with van der Waals surface area (Å²) >= 11 is 0. The first-order chi connectivity index (χ1) is 8.90. The highest BCUT2D eigenvalue weighted by Gasteiger charge is 2.12. The summed E-state index contributed by atoms with van der Waals surface area (Å²) in [6.45, 7) is -0.431. The predicted octanol–water partition coefficient (Wildman–Crippen LogP) is 0.0661. The Balaban J connectivity index is 2.54. The lowest BCUT2D eigenvalue weighted by Gasteiger charge is -2.05. The van der Waals surface area contributed by atoms with Crippen LogP contribution in [0.2, 0.25) is 0 Å². The summed E-state index contributed by atoms with van der Waals surface area (Å²) in [5, 5.41) is 26.8. The molecule has 0 spiro atoms. The number of carbonyl (C=O) groups is 2. The first-order valence-corrected chi connectivity index (χ1v) is 5.25. The van der Waals surface area contributed by atoms with Gasteiger partial charge < -0.3 is 25.8 Å². The highest BCUT2D eigenvalue weighted by Crippen LogP contribution is 2.25. The first kappa shape index (κ1) is 14.5. The van der Waals surface area contributed by atoms with E-state index in [-0.39, 0.29) is 11.5 Å². The van der Waals surface area contributed by atoms with Crippen molar-refractivity contribution in [1.82, 2.24) is 0 Å². The zero-order chi connectivity index (χ0) is 14.4. The minimum Gasteiger partial charge on any atom is -0.504 e. The Morgan fingerprint density at radius 2 is 2.00 bits per heavy atom. The van der Waals surface area contributed by atoms with Crippen molar-refractivity contribution < 1.29 is 29.6 Å². The minimum atomic E-state index is -1.27. The van der Waals surface area contributed by atoms with E-state index in [0.717, 1.165) is 6.08 Å². The Hall–Kier alpha value is -2.54. The highest BCUT2D eigenvalue weighted by atomic mass is 16.5. The van der Waals surface area contributed by atoms with Gasteiger partial charge >= 0.3 is 11.9 Å². The number of benzene rings is 1. The third kappa shape index (κ3) is 4.68. The number of hydrogen-bond acceptors (Lipinski definition) is 6. The van der Waals surface area contributed by atoms with E-state index in [9.17, 15) is 14.7 Å². The van der Waals surface area contributed by atoms with Gasteiger partial charge in [0.1, 0.15) is 12.6 Å². The van der Waals surface area contributed by atoms with Crippen molar-refractivity contribution in [2.75, 3.05) is 6.61 Å². The molecule has 1 atom stereocenters. The van der Waals surface area contributed by atoms with Gasteiger partial charge in [-0.1, -0.05) is 6.07 Å². The van der Waals surface area contributed by atoms with Crippen LogP contribution in [0.5, 0.6) is 11.5 Å². The molecule has 0 heterocycles. The van der Waals surface area contributed by atoms with Gasteiger partial charge in [0.15, 0.2) is 11.5 Å². The number of phenols is 2. The van der Waals surface area contributed by atoms with Gasteiger partial charge in [-0.2, -0.15) is 0 Å². The maximum Gasteiger partial charge on any atom is 0.330 e. The molecule has 0 aromatic heterocycles. The number of phenolic OH excluding ortho intramolecular Hbond substituents is 2. The Kier molecular flexibility index (Phi) is 4.90. The summed E-state index contributed by atoms with van der Waals surface area (Å²) < 4.78 is 4.60. The van der Waals surface area contributed by atoms with Gasteiger partial charge in [-0.25, -0.2) is 4.79 Å². The van der Waals surface area contributed by atoms with E-state index in [4.69, 9.17) is 15.9 Å². The molecule has 1 aromatic rings. The van der Waals surface area contributed by atoms with Crippen LogP contribution in [-0.4, -0.2) is 39.9 Å². The molecule has 1 rings (SSSR count). The Bertz CT molecular complexity index is 511. The fraction of sp³-hybridized carbons (Fsp3) is 0.167. The Labute approximate surface area is 108 Å². The van der Waals surface area contributed by atoms with Crippen LogP contribution in [0.15, 0.2) is 24.3 Å². The van der Waals surface area contributed by atoms with Crippen LogP contribution >= 0.6 is 0 Å².